The summed E-state index contributed by atoms with van der Waals surface area (Å²) in [6.07, 6.45) is 5.67. The summed E-state index contributed by atoms with van der Waals surface area (Å²) in [6, 6.07) is 6.41. The van der Waals surface area contributed by atoms with Crippen molar-refractivity contribution >= 4 is 0 Å². The minimum atomic E-state index is 0.212. The molecule has 2 rings (SSSR count). The lowest BCUT2D eigenvalue weighted by Crippen LogP contribution is -2.19. The van der Waals surface area contributed by atoms with Crippen LogP contribution in [0.15, 0.2) is 30.7 Å². The molecule has 1 unspecified atom stereocenters. The van der Waals surface area contributed by atoms with E-state index in [9.17, 15) is 0 Å². The van der Waals surface area contributed by atoms with Gasteiger partial charge >= 0.3 is 0 Å². The molecule has 1 aromatic heterocycles. The van der Waals surface area contributed by atoms with Gasteiger partial charge in [-0.1, -0.05) is 19.9 Å². The Bertz CT molecular complexity index is 625. The normalized spacial score (nSPS) is 12.2. The minimum Gasteiger partial charge on any atom is -0.490 e. The maximum atomic E-state index is 5.88. The highest BCUT2D eigenvalue weighted by atomic mass is 16.5. The summed E-state index contributed by atoms with van der Waals surface area (Å²) in [7, 11) is 2.01. The van der Waals surface area contributed by atoms with E-state index in [2.05, 4.69) is 43.2 Å². The molecule has 1 heterocycles. The van der Waals surface area contributed by atoms with Gasteiger partial charge < -0.3 is 19.4 Å². The number of aromatic nitrogens is 2. The molecule has 0 bridgehead atoms. The van der Waals surface area contributed by atoms with E-state index in [0.29, 0.717) is 13.2 Å². The molecule has 0 fully saturated rings. The van der Waals surface area contributed by atoms with Gasteiger partial charge in [0, 0.05) is 25.8 Å². The van der Waals surface area contributed by atoms with Crippen molar-refractivity contribution in [3.05, 3.63) is 42.0 Å². The molecular weight excluding hydrogens is 302 g/mol. The van der Waals surface area contributed by atoms with Gasteiger partial charge in [-0.05, 0) is 37.5 Å². The van der Waals surface area contributed by atoms with Crippen LogP contribution in [0.1, 0.15) is 50.9 Å². The Morgan fingerprint density at radius 3 is 2.46 bits per heavy atom. The van der Waals surface area contributed by atoms with Gasteiger partial charge in [0.25, 0.3) is 0 Å². The van der Waals surface area contributed by atoms with Crippen molar-refractivity contribution in [1.29, 1.82) is 0 Å². The number of ether oxygens (including phenoxy) is 2. The zero-order chi connectivity index (χ0) is 17.4. The highest BCUT2D eigenvalue weighted by Crippen LogP contribution is 2.31. The van der Waals surface area contributed by atoms with E-state index in [4.69, 9.17) is 9.47 Å². The molecule has 1 atom stereocenters. The Kier molecular flexibility index (Phi) is 7.12. The van der Waals surface area contributed by atoms with Crippen LogP contribution in [0, 0.1) is 0 Å². The molecule has 0 aliphatic carbocycles. The van der Waals surface area contributed by atoms with Gasteiger partial charge in [-0.25, -0.2) is 4.98 Å². The molecule has 24 heavy (non-hydrogen) atoms. The molecule has 0 spiro atoms. The van der Waals surface area contributed by atoms with Gasteiger partial charge in [-0.3, -0.25) is 0 Å². The standard InChI is InChI=1S/C19H29N3O2/c1-5-9-23-18-8-7-16(11-19(18)24-10-6-2)15(3)21-13-17-12-20-14-22(17)4/h7-8,11-12,14-15,21H,5-6,9-10,13H2,1-4H3. The van der Waals surface area contributed by atoms with E-state index in [1.807, 2.05) is 30.2 Å². The van der Waals surface area contributed by atoms with Gasteiger partial charge in [0.05, 0.1) is 25.2 Å². The first-order chi connectivity index (χ1) is 11.7. The minimum absolute atomic E-state index is 0.212. The van der Waals surface area contributed by atoms with Gasteiger partial charge in [0.15, 0.2) is 11.5 Å². The summed E-state index contributed by atoms with van der Waals surface area (Å²) in [5, 5.41) is 3.53. The Morgan fingerprint density at radius 1 is 1.12 bits per heavy atom. The van der Waals surface area contributed by atoms with Crippen LogP contribution in [0.5, 0.6) is 11.5 Å². The quantitative estimate of drug-likeness (QED) is 0.718. The monoisotopic (exact) mass is 331 g/mol. The van der Waals surface area contributed by atoms with Crippen LogP contribution in [-0.2, 0) is 13.6 Å². The highest BCUT2D eigenvalue weighted by Gasteiger charge is 2.12. The third-order valence-electron chi connectivity index (χ3n) is 3.90. The van der Waals surface area contributed by atoms with Gasteiger partial charge in [-0.15, -0.1) is 0 Å². The predicted octanol–water partition coefficient (Wildman–Crippen LogP) is 3.85. The van der Waals surface area contributed by atoms with E-state index in [-0.39, 0.29) is 6.04 Å². The fourth-order valence-corrected chi connectivity index (χ4v) is 2.38. The second kappa shape index (κ2) is 9.33. The summed E-state index contributed by atoms with van der Waals surface area (Å²) >= 11 is 0. The maximum absolute atomic E-state index is 5.88. The van der Waals surface area contributed by atoms with Crippen LogP contribution < -0.4 is 14.8 Å². The molecule has 5 heteroatoms. The van der Waals surface area contributed by atoms with E-state index in [1.165, 1.54) is 5.56 Å². The summed E-state index contributed by atoms with van der Waals surface area (Å²) in [6.45, 7) is 8.54. The molecule has 132 valence electrons. The second-order valence-electron chi connectivity index (χ2n) is 6.00. The van der Waals surface area contributed by atoms with Crippen molar-refractivity contribution < 1.29 is 9.47 Å². The van der Waals surface area contributed by atoms with Crippen LogP contribution in [0.2, 0.25) is 0 Å². The van der Waals surface area contributed by atoms with E-state index < -0.39 is 0 Å². The van der Waals surface area contributed by atoms with Crippen molar-refractivity contribution in [2.24, 2.45) is 7.05 Å². The third-order valence-corrected chi connectivity index (χ3v) is 3.90. The molecule has 0 radical (unpaired) electrons. The average Bonchev–Trinajstić information content (AvgIpc) is 3.01. The summed E-state index contributed by atoms with van der Waals surface area (Å²) < 4.78 is 13.7. The fraction of sp³-hybridized carbons (Fsp3) is 0.526. The first kappa shape index (κ1) is 18.3. The number of hydrogen-bond acceptors (Lipinski definition) is 4. The van der Waals surface area contributed by atoms with Crippen molar-refractivity contribution in [2.45, 2.75) is 46.2 Å². The number of rotatable bonds is 10. The van der Waals surface area contributed by atoms with Gasteiger partial charge in [-0.2, -0.15) is 0 Å². The summed E-state index contributed by atoms with van der Waals surface area (Å²) in [4.78, 5) is 4.15. The van der Waals surface area contributed by atoms with Crippen molar-refractivity contribution in [3.8, 4) is 11.5 Å². The number of nitrogens with one attached hydrogen (secondary N) is 1. The van der Waals surface area contributed by atoms with Crippen LogP contribution >= 0.6 is 0 Å². The zero-order valence-electron chi connectivity index (χ0n) is 15.2. The van der Waals surface area contributed by atoms with Crippen LogP contribution in [0.3, 0.4) is 0 Å². The van der Waals surface area contributed by atoms with Crippen LogP contribution in [0.25, 0.3) is 0 Å². The highest BCUT2D eigenvalue weighted by molar-refractivity contribution is 5.43. The summed E-state index contributed by atoms with van der Waals surface area (Å²) in [5.74, 6) is 1.66. The van der Waals surface area contributed by atoms with E-state index in [0.717, 1.165) is 36.6 Å². The van der Waals surface area contributed by atoms with Crippen molar-refractivity contribution in [1.82, 2.24) is 14.9 Å². The number of benzene rings is 1. The summed E-state index contributed by atoms with van der Waals surface area (Å²) in [5.41, 5.74) is 2.35. The smallest absolute Gasteiger partial charge is 0.161 e. The SMILES string of the molecule is CCCOc1ccc(C(C)NCc2cncn2C)cc1OCCC. The molecule has 1 aromatic carbocycles. The molecule has 0 saturated carbocycles. The number of imidazole rings is 1. The van der Waals surface area contributed by atoms with E-state index in [1.54, 1.807) is 0 Å². The van der Waals surface area contributed by atoms with E-state index >= 15 is 0 Å². The first-order valence-corrected chi connectivity index (χ1v) is 8.73. The zero-order valence-corrected chi connectivity index (χ0v) is 15.2. The Morgan fingerprint density at radius 2 is 1.83 bits per heavy atom. The lowest BCUT2D eigenvalue weighted by atomic mass is 10.1. The molecule has 0 amide bonds. The molecule has 0 aliphatic heterocycles. The lowest BCUT2D eigenvalue weighted by Gasteiger charge is -2.18. The second-order valence-corrected chi connectivity index (χ2v) is 6.00. The number of hydrogen-bond donors (Lipinski definition) is 1. The molecular formula is C19H29N3O2. The van der Waals surface area contributed by atoms with Crippen molar-refractivity contribution in [2.75, 3.05) is 13.2 Å². The molecule has 5 nitrogen and oxygen atoms in total. The number of aryl methyl sites for hydroxylation is 1. The van der Waals surface area contributed by atoms with Crippen LogP contribution in [0.4, 0.5) is 0 Å². The lowest BCUT2D eigenvalue weighted by molar-refractivity contribution is 0.268. The van der Waals surface area contributed by atoms with Gasteiger partial charge in [0.1, 0.15) is 0 Å². The molecule has 0 saturated heterocycles. The molecule has 0 aliphatic rings. The molecule has 1 N–H and O–H groups in total. The fourth-order valence-electron chi connectivity index (χ4n) is 2.38. The number of nitrogens with zero attached hydrogens (tertiary/aromatic N) is 2. The maximum Gasteiger partial charge on any atom is 0.161 e. The first-order valence-electron chi connectivity index (χ1n) is 8.73. The average molecular weight is 331 g/mol. The predicted molar refractivity (Wildman–Crippen MR) is 96.5 cm³/mol. The Labute approximate surface area is 145 Å². The largest absolute Gasteiger partial charge is 0.490 e. The topological polar surface area (TPSA) is 48.3 Å². The Balaban J connectivity index is 2.06. The molecule has 2 aromatic rings. The third kappa shape index (κ3) is 4.99. The van der Waals surface area contributed by atoms with Crippen molar-refractivity contribution in [3.63, 3.8) is 0 Å². The Hall–Kier alpha value is -2.01. The van der Waals surface area contributed by atoms with Crippen LogP contribution in [-0.4, -0.2) is 22.8 Å². The van der Waals surface area contributed by atoms with Gasteiger partial charge in [0.2, 0.25) is 0 Å².